The summed E-state index contributed by atoms with van der Waals surface area (Å²) in [7, 11) is -3.95. The van der Waals surface area contributed by atoms with Gasteiger partial charge in [0.1, 0.15) is 12.3 Å². The van der Waals surface area contributed by atoms with E-state index in [9.17, 15) is 13.2 Å². The first kappa shape index (κ1) is 22.4. The van der Waals surface area contributed by atoms with E-state index in [0.717, 1.165) is 16.3 Å². The van der Waals surface area contributed by atoms with Crippen molar-refractivity contribution in [3.05, 3.63) is 84.4 Å². The number of nitrogens with one attached hydrogen (secondary N) is 1. The van der Waals surface area contributed by atoms with Crippen LogP contribution < -0.4 is 14.4 Å². The Bertz CT molecular complexity index is 1110. The van der Waals surface area contributed by atoms with Crippen LogP contribution in [0.4, 0.5) is 11.4 Å². The molecule has 3 aromatic rings. The minimum atomic E-state index is -3.95. The molecule has 0 spiro atoms. The van der Waals surface area contributed by atoms with Crippen molar-refractivity contribution in [2.75, 3.05) is 22.8 Å². The molecule has 6 nitrogen and oxygen atoms in total. The molecule has 0 aliphatic carbocycles. The first-order valence-electron chi connectivity index (χ1n) is 10.1. The predicted octanol–water partition coefficient (Wildman–Crippen LogP) is 4.48. The number of sulfonamides is 1. The van der Waals surface area contributed by atoms with Gasteiger partial charge < -0.3 is 10.1 Å². The molecular weight excluding hydrogens is 412 g/mol. The molecule has 1 amide bonds. The molecule has 0 radical (unpaired) electrons. The van der Waals surface area contributed by atoms with Gasteiger partial charge in [-0.1, -0.05) is 43.3 Å². The number of benzene rings is 3. The van der Waals surface area contributed by atoms with Gasteiger partial charge in [-0.3, -0.25) is 9.10 Å². The fourth-order valence-corrected chi connectivity index (χ4v) is 4.62. The average Bonchev–Trinajstić information content (AvgIpc) is 2.79. The maximum absolute atomic E-state index is 13.4. The van der Waals surface area contributed by atoms with Gasteiger partial charge in [0, 0.05) is 5.69 Å². The maximum atomic E-state index is 13.4. The fraction of sp³-hybridized carbons (Fsp3) is 0.208. The lowest BCUT2D eigenvalue weighted by atomic mass is 10.1. The monoisotopic (exact) mass is 438 g/mol. The number of aryl methyl sites for hydroxylation is 1. The van der Waals surface area contributed by atoms with Gasteiger partial charge >= 0.3 is 0 Å². The third kappa shape index (κ3) is 5.44. The minimum Gasteiger partial charge on any atom is -0.494 e. The van der Waals surface area contributed by atoms with E-state index < -0.39 is 15.9 Å². The van der Waals surface area contributed by atoms with E-state index in [-0.39, 0.29) is 11.4 Å². The molecular formula is C24H26N2O4S. The van der Waals surface area contributed by atoms with Gasteiger partial charge in [-0.2, -0.15) is 0 Å². The van der Waals surface area contributed by atoms with E-state index in [1.165, 1.54) is 12.1 Å². The van der Waals surface area contributed by atoms with Gasteiger partial charge in [0.2, 0.25) is 5.91 Å². The predicted molar refractivity (Wildman–Crippen MR) is 123 cm³/mol. The molecule has 0 saturated heterocycles. The summed E-state index contributed by atoms with van der Waals surface area (Å²) in [6.07, 6.45) is 0.751. The third-order valence-electron chi connectivity index (χ3n) is 4.73. The molecule has 0 fully saturated rings. The maximum Gasteiger partial charge on any atom is 0.264 e. The average molecular weight is 439 g/mol. The van der Waals surface area contributed by atoms with Crippen molar-refractivity contribution in [2.45, 2.75) is 25.2 Å². The first-order valence-corrected chi connectivity index (χ1v) is 11.6. The molecule has 31 heavy (non-hydrogen) atoms. The smallest absolute Gasteiger partial charge is 0.264 e. The first-order chi connectivity index (χ1) is 15.0. The molecule has 3 rings (SSSR count). The SMILES string of the molecule is CCOc1ccc(N(CC(=O)Nc2ccccc2CC)S(=O)(=O)c2ccccc2)cc1. The Hall–Kier alpha value is -3.32. The lowest BCUT2D eigenvalue weighted by Crippen LogP contribution is -2.38. The van der Waals surface area contributed by atoms with E-state index in [2.05, 4.69) is 5.32 Å². The summed E-state index contributed by atoms with van der Waals surface area (Å²) >= 11 is 0. The quantitative estimate of drug-likeness (QED) is 0.534. The normalized spacial score (nSPS) is 11.0. The van der Waals surface area contributed by atoms with Crippen LogP contribution in [-0.2, 0) is 21.2 Å². The van der Waals surface area contributed by atoms with Crippen LogP contribution in [0.5, 0.6) is 5.75 Å². The summed E-state index contributed by atoms with van der Waals surface area (Å²) in [5, 5.41) is 2.85. The van der Waals surface area contributed by atoms with Crippen LogP contribution in [0.2, 0.25) is 0 Å². The molecule has 1 N–H and O–H groups in total. The number of ether oxygens (including phenoxy) is 1. The van der Waals surface area contributed by atoms with Crippen LogP contribution in [0.25, 0.3) is 0 Å². The Morgan fingerprint density at radius 3 is 2.19 bits per heavy atom. The zero-order valence-corrected chi connectivity index (χ0v) is 18.4. The highest BCUT2D eigenvalue weighted by molar-refractivity contribution is 7.92. The van der Waals surface area contributed by atoms with Crippen LogP contribution in [0.3, 0.4) is 0 Å². The van der Waals surface area contributed by atoms with Gasteiger partial charge in [0.15, 0.2) is 0 Å². The highest BCUT2D eigenvalue weighted by atomic mass is 32.2. The molecule has 0 heterocycles. The number of anilines is 2. The van der Waals surface area contributed by atoms with Crippen LogP contribution in [-0.4, -0.2) is 27.5 Å². The number of carbonyl (C=O) groups is 1. The second-order valence-corrected chi connectivity index (χ2v) is 8.67. The van der Waals surface area contributed by atoms with Crippen molar-refractivity contribution in [1.29, 1.82) is 0 Å². The molecule has 0 saturated carbocycles. The summed E-state index contributed by atoms with van der Waals surface area (Å²) < 4.78 is 33.3. The number of rotatable bonds is 9. The Morgan fingerprint density at radius 2 is 1.55 bits per heavy atom. The summed E-state index contributed by atoms with van der Waals surface area (Å²) in [5.41, 5.74) is 2.04. The van der Waals surface area contributed by atoms with Crippen molar-refractivity contribution < 1.29 is 17.9 Å². The number of amides is 1. The summed E-state index contributed by atoms with van der Waals surface area (Å²) in [5.74, 6) is 0.207. The van der Waals surface area contributed by atoms with E-state index in [1.54, 1.807) is 42.5 Å². The molecule has 162 valence electrons. The van der Waals surface area contributed by atoms with Crippen LogP contribution in [0, 0.1) is 0 Å². The summed E-state index contributed by atoms with van der Waals surface area (Å²) in [6, 6.07) is 22.2. The summed E-state index contributed by atoms with van der Waals surface area (Å²) in [4.78, 5) is 13.0. The van der Waals surface area contributed by atoms with Gasteiger partial charge in [-0.25, -0.2) is 8.42 Å². The molecule has 7 heteroatoms. The van der Waals surface area contributed by atoms with Gasteiger partial charge in [-0.15, -0.1) is 0 Å². The minimum absolute atomic E-state index is 0.116. The van der Waals surface area contributed by atoms with Crippen molar-refractivity contribution in [3.8, 4) is 5.75 Å². The topological polar surface area (TPSA) is 75.7 Å². The molecule has 0 aliphatic rings. The Balaban J connectivity index is 1.93. The second-order valence-electron chi connectivity index (χ2n) is 6.81. The largest absolute Gasteiger partial charge is 0.494 e. The van der Waals surface area contributed by atoms with E-state index >= 15 is 0 Å². The molecule has 0 atom stereocenters. The van der Waals surface area contributed by atoms with Gasteiger partial charge in [0.05, 0.1) is 17.2 Å². The van der Waals surface area contributed by atoms with Crippen LogP contribution in [0.1, 0.15) is 19.4 Å². The lowest BCUT2D eigenvalue weighted by molar-refractivity contribution is -0.114. The molecule has 0 unspecified atom stereocenters. The number of para-hydroxylation sites is 1. The number of hydrogen-bond acceptors (Lipinski definition) is 4. The standard InChI is InChI=1S/C24H26N2O4S/c1-3-19-10-8-9-13-23(19)25-24(27)18-26(20-14-16-21(17-15-20)30-4-2)31(28,29)22-11-6-5-7-12-22/h5-17H,3-4,18H2,1-2H3,(H,25,27). The van der Waals surface area contributed by atoms with Crippen molar-refractivity contribution in [3.63, 3.8) is 0 Å². The second kappa shape index (κ2) is 10.1. The molecule has 0 bridgehead atoms. The Morgan fingerprint density at radius 1 is 0.903 bits per heavy atom. The zero-order chi connectivity index (χ0) is 22.3. The molecule has 3 aromatic carbocycles. The number of hydrogen-bond donors (Lipinski definition) is 1. The highest BCUT2D eigenvalue weighted by Crippen LogP contribution is 2.26. The Kier molecular flexibility index (Phi) is 7.31. The van der Waals surface area contributed by atoms with Crippen LogP contribution >= 0.6 is 0 Å². The Labute approximate surface area is 183 Å². The van der Waals surface area contributed by atoms with Crippen LogP contribution in [0.15, 0.2) is 83.8 Å². The highest BCUT2D eigenvalue weighted by Gasteiger charge is 2.27. The van der Waals surface area contributed by atoms with Crippen molar-refractivity contribution >= 4 is 27.3 Å². The summed E-state index contributed by atoms with van der Waals surface area (Å²) in [6.45, 7) is 4.02. The van der Waals surface area contributed by atoms with Crippen molar-refractivity contribution in [2.24, 2.45) is 0 Å². The van der Waals surface area contributed by atoms with Gasteiger partial charge in [-0.05, 0) is 61.4 Å². The van der Waals surface area contributed by atoms with E-state index in [4.69, 9.17) is 4.74 Å². The fourth-order valence-electron chi connectivity index (χ4n) is 3.18. The molecule has 0 aliphatic heterocycles. The number of nitrogens with zero attached hydrogens (tertiary/aromatic N) is 1. The van der Waals surface area contributed by atoms with Gasteiger partial charge in [0.25, 0.3) is 10.0 Å². The molecule has 0 aromatic heterocycles. The van der Waals surface area contributed by atoms with E-state index in [1.807, 2.05) is 38.1 Å². The lowest BCUT2D eigenvalue weighted by Gasteiger charge is -2.24. The number of carbonyl (C=O) groups excluding carboxylic acids is 1. The van der Waals surface area contributed by atoms with E-state index in [0.29, 0.717) is 23.7 Å². The zero-order valence-electron chi connectivity index (χ0n) is 17.6. The third-order valence-corrected chi connectivity index (χ3v) is 6.51. The van der Waals surface area contributed by atoms with Crippen molar-refractivity contribution in [1.82, 2.24) is 0 Å².